The molecule has 2 saturated heterocycles. The summed E-state index contributed by atoms with van der Waals surface area (Å²) < 4.78 is 16.4. The number of alkyl halides is 1. The summed E-state index contributed by atoms with van der Waals surface area (Å²) in [6, 6.07) is -1.08. The minimum atomic E-state index is -1.76. The Labute approximate surface area is 190 Å². The van der Waals surface area contributed by atoms with E-state index in [1.807, 2.05) is 0 Å². The first-order valence-electron chi connectivity index (χ1n) is 10.3. The smallest absolute Gasteiger partial charge is 0.319 e. The van der Waals surface area contributed by atoms with Gasteiger partial charge in [-0.15, -0.1) is 11.6 Å². The predicted octanol–water partition coefficient (Wildman–Crippen LogP) is -3.73. The van der Waals surface area contributed by atoms with Gasteiger partial charge in [-0.3, -0.25) is 4.90 Å². The van der Waals surface area contributed by atoms with Crippen molar-refractivity contribution < 1.29 is 54.8 Å². The van der Waals surface area contributed by atoms with Gasteiger partial charge in [0.05, 0.1) is 13.2 Å². The maximum Gasteiger partial charge on any atom is 0.319 e. The number of amides is 2. The number of carbonyl (C=O) groups excluding carboxylic acids is 1. The van der Waals surface area contributed by atoms with Crippen LogP contribution in [-0.2, 0) is 14.2 Å². The molecule has 188 valence electrons. The third-order valence-electron chi connectivity index (χ3n) is 5.41. The van der Waals surface area contributed by atoms with Crippen molar-refractivity contribution in [2.24, 2.45) is 0 Å². The zero-order chi connectivity index (χ0) is 24.2. The number of hydrogen-bond acceptors (Lipinski definition) is 11. The fourth-order valence-corrected chi connectivity index (χ4v) is 3.78. The lowest BCUT2D eigenvalue weighted by molar-refractivity contribution is -0.348. The number of nitrogens with one attached hydrogen (secondary N) is 1. The molecule has 1 unspecified atom stereocenters. The first-order chi connectivity index (χ1) is 15.1. The highest BCUT2D eigenvalue weighted by Gasteiger charge is 2.52. The molecular formula is C18H33ClN2O11. The van der Waals surface area contributed by atoms with Crippen LogP contribution in [0.4, 0.5) is 4.79 Å². The van der Waals surface area contributed by atoms with Crippen LogP contribution in [-0.4, -0.2) is 140 Å². The van der Waals surface area contributed by atoms with Gasteiger partial charge in [-0.2, -0.15) is 0 Å². The minimum Gasteiger partial charge on any atom is -0.394 e. The van der Waals surface area contributed by atoms with Crippen LogP contribution in [0.1, 0.15) is 13.8 Å². The number of nitrogens with zero attached hydrogens (tertiary/aromatic N) is 1. The Balaban J connectivity index is 2.20. The molecular weight excluding hydrogens is 456 g/mol. The van der Waals surface area contributed by atoms with E-state index in [4.69, 9.17) is 25.8 Å². The van der Waals surface area contributed by atoms with E-state index in [0.717, 1.165) is 4.90 Å². The lowest BCUT2D eigenvalue weighted by Crippen LogP contribution is -2.68. The molecule has 0 spiro atoms. The van der Waals surface area contributed by atoms with E-state index in [-0.39, 0.29) is 12.4 Å². The van der Waals surface area contributed by atoms with Gasteiger partial charge in [-0.25, -0.2) is 4.79 Å². The van der Waals surface area contributed by atoms with Crippen molar-refractivity contribution in [1.82, 2.24) is 10.2 Å². The molecule has 2 amide bonds. The second kappa shape index (κ2) is 12.0. The molecule has 0 aromatic heterocycles. The summed E-state index contributed by atoms with van der Waals surface area (Å²) in [5.74, 6) is 0.155. The number of hydrogen-bond donors (Lipinski definition) is 8. The van der Waals surface area contributed by atoms with Crippen LogP contribution in [0.2, 0.25) is 0 Å². The number of aliphatic hydroxyl groups is 7. The monoisotopic (exact) mass is 488 g/mol. The Morgan fingerprint density at radius 3 is 2.12 bits per heavy atom. The average molecular weight is 489 g/mol. The molecule has 2 heterocycles. The molecule has 2 aliphatic heterocycles. The van der Waals surface area contributed by atoms with E-state index in [1.54, 1.807) is 13.8 Å². The number of halogens is 1. The third-order valence-corrected chi connectivity index (χ3v) is 5.60. The normalized spacial score (nSPS) is 40.3. The molecule has 8 N–H and O–H groups in total. The van der Waals surface area contributed by atoms with Gasteiger partial charge in [-0.1, -0.05) is 0 Å². The quantitative estimate of drug-likeness (QED) is 0.156. The number of urea groups is 1. The fraction of sp³-hybridized carbons (Fsp3) is 0.944. The first kappa shape index (κ1) is 27.4. The van der Waals surface area contributed by atoms with Crippen molar-refractivity contribution in [1.29, 1.82) is 0 Å². The highest BCUT2D eigenvalue weighted by Crippen LogP contribution is 2.30. The molecule has 2 rings (SSSR count). The SMILES string of the molecule is CC(C)N(C(=O)NCCCl)C1O[C@H](CO)[C@@H](O[C@H]2O[C@H](CO)[C@@H](O)[C@H](O)[C@H]2O)[C@H](O)[C@H]1O. The Hall–Kier alpha value is -0.840. The van der Waals surface area contributed by atoms with Gasteiger partial charge < -0.3 is 55.3 Å². The van der Waals surface area contributed by atoms with Crippen LogP contribution in [0.3, 0.4) is 0 Å². The zero-order valence-corrected chi connectivity index (χ0v) is 18.5. The Bertz CT molecular complexity index is 599. The molecule has 0 aromatic carbocycles. The van der Waals surface area contributed by atoms with Crippen molar-refractivity contribution in [3.63, 3.8) is 0 Å². The first-order valence-corrected chi connectivity index (χ1v) is 10.8. The van der Waals surface area contributed by atoms with E-state index >= 15 is 0 Å². The third kappa shape index (κ3) is 5.80. The van der Waals surface area contributed by atoms with Gasteiger partial charge in [0.25, 0.3) is 0 Å². The average Bonchev–Trinajstić information content (AvgIpc) is 2.76. The molecule has 2 fully saturated rings. The number of rotatable bonds is 8. The van der Waals surface area contributed by atoms with Crippen molar-refractivity contribution in [2.45, 2.75) is 81.2 Å². The van der Waals surface area contributed by atoms with Crippen LogP contribution >= 0.6 is 11.6 Å². The summed E-state index contributed by atoms with van der Waals surface area (Å²) in [7, 11) is 0. The molecule has 0 radical (unpaired) electrons. The summed E-state index contributed by atoms with van der Waals surface area (Å²) in [5, 5.41) is 73.0. The Morgan fingerprint density at radius 1 is 0.969 bits per heavy atom. The largest absolute Gasteiger partial charge is 0.394 e. The van der Waals surface area contributed by atoms with Crippen LogP contribution in [0.15, 0.2) is 0 Å². The molecule has 0 bridgehead atoms. The van der Waals surface area contributed by atoms with Gasteiger partial charge in [-0.05, 0) is 13.8 Å². The van der Waals surface area contributed by atoms with E-state index in [1.165, 1.54) is 0 Å². The van der Waals surface area contributed by atoms with Crippen molar-refractivity contribution in [3.8, 4) is 0 Å². The minimum absolute atomic E-state index is 0.154. The van der Waals surface area contributed by atoms with E-state index < -0.39 is 86.6 Å². The number of carbonyl (C=O) groups is 1. The van der Waals surface area contributed by atoms with Gasteiger partial charge >= 0.3 is 6.03 Å². The van der Waals surface area contributed by atoms with Gasteiger partial charge in [0.1, 0.15) is 48.8 Å². The molecule has 0 saturated carbocycles. The standard InChI is InChI=1S/C18H33ClN2O11/c1-7(2)21(18(29)20-4-3-19)16-13(27)12(26)15(9(6-23)30-16)32-17-14(28)11(25)10(24)8(5-22)31-17/h7-17,22-28H,3-6H2,1-2H3,(H,20,29)/t8-,9-,10-,11+,12-,13-,14-,15-,16?,17-/m1/s1. The lowest BCUT2D eigenvalue weighted by Gasteiger charge is -2.48. The molecule has 10 atom stereocenters. The lowest BCUT2D eigenvalue weighted by atomic mass is 9.96. The molecule has 32 heavy (non-hydrogen) atoms. The molecule has 0 aliphatic carbocycles. The van der Waals surface area contributed by atoms with E-state index in [2.05, 4.69) is 5.32 Å². The van der Waals surface area contributed by atoms with Crippen LogP contribution in [0, 0.1) is 0 Å². The second-order valence-electron chi connectivity index (χ2n) is 7.95. The number of aliphatic hydroxyl groups excluding tert-OH is 7. The highest BCUT2D eigenvalue weighted by molar-refractivity contribution is 6.18. The maximum atomic E-state index is 12.5. The van der Waals surface area contributed by atoms with E-state index in [0.29, 0.717) is 0 Å². The van der Waals surface area contributed by atoms with Crippen molar-refractivity contribution in [3.05, 3.63) is 0 Å². The summed E-state index contributed by atoms with van der Waals surface area (Å²) in [6.45, 7) is 2.09. The molecule has 0 aromatic rings. The van der Waals surface area contributed by atoms with Crippen molar-refractivity contribution >= 4 is 17.6 Å². The Kier molecular flexibility index (Phi) is 10.3. The molecule has 14 heteroatoms. The summed E-state index contributed by atoms with van der Waals surface area (Å²) in [6.07, 6.45) is -15.4. The second-order valence-corrected chi connectivity index (χ2v) is 8.33. The summed E-state index contributed by atoms with van der Waals surface area (Å²) in [5.41, 5.74) is 0. The van der Waals surface area contributed by atoms with Gasteiger partial charge in [0.2, 0.25) is 0 Å². The van der Waals surface area contributed by atoms with Crippen molar-refractivity contribution in [2.75, 3.05) is 25.6 Å². The molecule has 2 aliphatic rings. The summed E-state index contributed by atoms with van der Waals surface area (Å²) >= 11 is 5.59. The maximum absolute atomic E-state index is 12.5. The van der Waals surface area contributed by atoms with E-state index in [9.17, 15) is 40.5 Å². The predicted molar refractivity (Wildman–Crippen MR) is 107 cm³/mol. The fourth-order valence-electron chi connectivity index (χ4n) is 3.69. The topological polar surface area (TPSA) is 202 Å². The summed E-state index contributed by atoms with van der Waals surface area (Å²) in [4.78, 5) is 13.7. The zero-order valence-electron chi connectivity index (χ0n) is 17.8. The Morgan fingerprint density at radius 2 is 1.59 bits per heavy atom. The van der Waals surface area contributed by atoms with Crippen LogP contribution < -0.4 is 5.32 Å². The van der Waals surface area contributed by atoms with Gasteiger partial charge in [0.15, 0.2) is 12.5 Å². The van der Waals surface area contributed by atoms with Crippen LogP contribution in [0.5, 0.6) is 0 Å². The molecule has 13 nitrogen and oxygen atoms in total. The van der Waals surface area contributed by atoms with Crippen LogP contribution in [0.25, 0.3) is 0 Å². The number of ether oxygens (including phenoxy) is 3. The highest BCUT2D eigenvalue weighted by atomic mass is 35.5. The van der Waals surface area contributed by atoms with Gasteiger partial charge in [0, 0.05) is 18.5 Å².